The number of hydrogen-bond acceptors (Lipinski definition) is 1. The van der Waals surface area contributed by atoms with Gasteiger partial charge in [0.15, 0.2) is 0 Å². The average Bonchev–Trinajstić information content (AvgIpc) is 2.16. The lowest BCUT2D eigenvalue weighted by Gasteiger charge is -2.24. The largest absolute Gasteiger partial charge is 0.299 e. The summed E-state index contributed by atoms with van der Waals surface area (Å²) in [6, 6.07) is 7.97. The van der Waals surface area contributed by atoms with Gasteiger partial charge in [-0.15, -0.1) is 0 Å². The van der Waals surface area contributed by atoms with Crippen LogP contribution in [0.3, 0.4) is 0 Å². The van der Waals surface area contributed by atoms with E-state index in [9.17, 15) is 4.79 Å². The Morgan fingerprint density at radius 1 is 1.33 bits per heavy atom. The second-order valence-electron chi connectivity index (χ2n) is 4.31. The molecule has 2 rings (SSSR count). The monoisotopic (exact) mass is 266 g/mol. The molecule has 0 heterocycles. The molecule has 1 aromatic carbocycles. The van der Waals surface area contributed by atoms with E-state index in [1.54, 1.807) is 0 Å². The molecule has 0 bridgehead atoms. The molecule has 1 nitrogen and oxygen atoms in total. The Hall–Kier alpha value is -0.630. The summed E-state index contributed by atoms with van der Waals surface area (Å²) in [4.78, 5) is 11.7. The van der Waals surface area contributed by atoms with Crippen LogP contribution in [0.2, 0.25) is 0 Å². The van der Waals surface area contributed by atoms with Crippen molar-refractivity contribution in [1.29, 1.82) is 0 Å². The molecule has 2 heteroatoms. The van der Waals surface area contributed by atoms with Gasteiger partial charge in [0, 0.05) is 17.3 Å². The van der Waals surface area contributed by atoms with Gasteiger partial charge in [0.25, 0.3) is 0 Å². The molecule has 0 atom stereocenters. The summed E-state index contributed by atoms with van der Waals surface area (Å²) in [6.07, 6.45) is 5.18. The number of halogens is 1. The smallest absolute Gasteiger partial charge is 0.137 e. The maximum Gasteiger partial charge on any atom is 0.137 e. The molecular weight excluding hydrogens is 252 g/mol. The predicted octanol–water partition coefficient (Wildman–Crippen LogP) is 3.75. The summed E-state index contributed by atoms with van der Waals surface area (Å²) in [7, 11) is 0. The number of ketones is 1. The quantitative estimate of drug-likeness (QED) is 0.812. The van der Waals surface area contributed by atoms with E-state index >= 15 is 0 Å². The Bertz CT molecular complexity index is 355. The number of rotatable bonds is 4. The van der Waals surface area contributed by atoms with Gasteiger partial charge < -0.3 is 0 Å². The average molecular weight is 267 g/mol. The van der Waals surface area contributed by atoms with Gasteiger partial charge in [-0.25, -0.2) is 0 Å². The molecule has 1 aliphatic carbocycles. The Balaban J connectivity index is 1.90. The first kappa shape index (κ1) is 10.9. The van der Waals surface area contributed by atoms with Gasteiger partial charge in [-0.2, -0.15) is 0 Å². The number of hydrogen-bond donors (Lipinski definition) is 0. The summed E-state index contributed by atoms with van der Waals surface area (Å²) >= 11 is 3.47. The Morgan fingerprint density at radius 2 is 2.07 bits per heavy atom. The van der Waals surface area contributed by atoms with E-state index < -0.39 is 0 Å². The number of Topliss-reactive ketones (excluding diaryl/α,β-unsaturated/α-hetero) is 1. The molecule has 1 saturated carbocycles. The van der Waals surface area contributed by atoms with E-state index in [1.165, 1.54) is 19.3 Å². The fourth-order valence-electron chi connectivity index (χ4n) is 1.95. The first-order chi connectivity index (χ1) is 7.25. The molecule has 0 radical (unpaired) electrons. The third-order valence-corrected chi connectivity index (χ3v) is 3.86. The molecule has 80 valence electrons. The highest BCUT2D eigenvalue weighted by atomic mass is 79.9. The van der Waals surface area contributed by atoms with Crippen LogP contribution in [-0.2, 0) is 11.2 Å². The van der Waals surface area contributed by atoms with Crippen molar-refractivity contribution in [3.8, 4) is 0 Å². The van der Waals surface area contributed by atoms with Crippen LogP contribution in [0.15, 0.2) is 28.7 Å². The minimum absolute atomic E-state index is 0.381. The first-order valence-corrected chi connectivity index (χ1v) is 6.30. The standard InChI is InChI=1S/C13H15BrO/c14-13-7-2-1-6-11(13)9-12(15)8-10-4-3-5-10/h1-2,6-7,10H,3-5,8-9H2. The summed E-state index contributed by atoms with van der Waals surface area (Å²) in [5.74, 6) is 1.06. The molecule has 0 spiro atoms. The van der Waals surface area contributed by atoms with Crippen molar-refractivity contribution >= 4 is 21.7 Å². The van der Waals surface area contributed by atoms with Crippen LogP contribution in [0.5, 0.6) is 0 Å². The van der Waals surface area contributed by atoms with Crippen molar-refractivity contribution in [2.75, 3.05) is 0 Å². The van der Waals surface area contributed by atoms with E-state index in [0.717, 1.165) is 16.5 Å². The number of carbonyl (C=O) groups excluding carboxylic acids is 1. The summed E-state index contributed by atoms with van der Waals surface area (Å²) in [6.45, 7) is 0. The lowest BCUT2D eigenvalue weighted by atomic mass is 9.81. The minimum Gasteiger partial charge on any atom is -0.299 e. The van der Waals surface area contributed by atoms with Gasteiger partial charge in [-0.3, -0.25) is 4.79 Å². The molecule has 0 aliphatic heterocycles. The maximum atomic E-state index is 11.7. The third-order valence-electron chi connectivity index (χ3n) is 3.09. The van der Waals surface area contributed by atoms with Crippen molar-refractivity contribution in [2.24, 2.45) is 5.92 Å². The van der Waals surface area contributed by atoms with Crippen molar-refractivity contribution in [1.82, 2.24) is 0 Å². The van der Waals surface area contributed by atoms with Gasteiger partial charge in [0.05, 0.1) is 0 Å². The third kappa shape index (κ3) is 2.91. The summed E-state index contributed by atoms with van der Waals surface area (Å²) < 4.78 is 1.05. The Morgan fingerprint density at radius 3 is 2.67 bits per heavy atom. The molecule has 1 aliphatic rings. The predicted molar refractivity (Wildman–Crippen MR) is 64.8 cm³/mol. The molecule has 1 fully saturated rings. The fraction of sp³-hybridized carbons (Fsp3) is 0.462. The van der Waals surface area contributed by atoms with E-state index in [1.807, 2.05) is 24.3 Å². The molecule has 0 unspecified atom stereocenters. The molecule has 0 N–H and O–H groups in total. The van der Waals surface area contributed by atoms with Gasteiger partial charge in [-0.1, -0.05) is 53.4 Å². The lowest BCUT2D eigenvalue weighted by Crippen LogP contribution is -2.17. The summed E-state index contributed by atoms with van der Waals surface area (Å²) in [5, 5.41) is 0. The fourth-order valence-corrected chi connectivity index (χ4v) is 2.37. The van der Waals surface area contributed by atoms with E-state index in [0.29, 0.717) is 18.1 Å². The Labute approximate surface area is 99.0 Å². The highest BCUT2D eigenvalue weighted by Gasteiger charge is 2.20. The Kier molecular flexibility index (Phi) is 3.57. The van der Waals surface area contributed by atoms with E-state index in [-0.39, 0.29) is 0 Å². The van der Waals surface area contributed by atoms with Gasteiger partial charge in [0.2, 0.25) is 0 Å². The zero-order valence-electron chi connectivity index (χ0n) is 8.71. The topological polar surface area (TPSA) is 17.1 Å². The molecular formula is C13H15BrO. The SMILES string of the molecule is O=C(Cc1ccccc1Br)CC1CCC1. The maximum absolute atomic E-state index is 11.7. The van der Waals surface area contributed by atoms with E-state index in [4.69, 9.17) is 0 Å². The van der Waals surface area contributed by atoms with Crippen molar-refractivity contribution in [3.63, 3.8) is 0 Å². The highest BCUT2D eigenvalue weighted by molar-refractivity contribution is 9.10. The molecule has 1 aromatic rings. The van der Waals surface area contributed by atoms with Crippen LogP contribution in [0, 0.1) is 5.92 Å². The number of benzene rings is 1. The highest BCUT2D eigenvalue weighted by Crippen LogP contribution is 2.30. The van der Waals surface area contributed by atoms with Crippen LogP contribution >= 0.6 is 15.9 Å². The van der Waals surface area contributed by atoms with Crippen LogP contribution in [0.1, 0.15) is 31.2 Å². The van der Waals surface area contributed by atoms with Gasteiger partial charge >= 0.3 is 0 Å². The zero-order valence-corrected chi connectivity index (χ0v) is 10.3. The number of carbonyl (C=O) groups is 1. The second kappa shape index (κ2) is 4.93. The lowest BCUT2D eigenvalue weighted by molar-refractivity contribution is -0.119. The molecule has 0 saturated heterocycles. The first-order valence-electron chi connectivity index (χ1n) is 5.51. The van der Waals surface area contributed by atoms with Crippen molar-refractivity contribution in [2.45, 2.75) is 32.1 Å². The van der Waals surface area contributed by atoms with Gasteiger partial charge in [0.1, 0.15) is 5.78 Å². The van der Waals surface area contributed by atoms with Crippen LogP contribution in [0.25, 0.3) is 0 Å². The summed E-state index contributed by atoms with van der Waals surface area (Å²) in [5.41, 5.74) is 1.11. The second-order valence-corrected chi connectivity index (χ2v) is 5.16. The van der Waals surface area contributed by atoms with Crippen molar-refractivity contribution in [3.05, 3.63) is 34.3 Å². The molecule has 0 amide bonds. The van der Waals surface area contributed by atoms with Crippen molar-refractivity contribution < 1.29 is 4.79 Å². The minimum atomic E-state index is 0.381. The van der Waals surface area contributed by atoms with E-state index in [2.05, 4.69) is 15.9 Å². The normalized spacial score (nSPS) is 16.1. The molecule has 0 aromatic heterocycles. The molecule has 15 heavy (non-hydrogen) atoms. The zero-order chi connectivity index (χ0) is 10.7. The van der Waals surface area contributed by atoms with Crippen LogP contribution in [0.4, 0.5) is 0 Å². The van der Waals surface area contributed by atoms with Gasteiger partial charge in [-0.05, 0) is 17.5 Å². The van der Waals surface area contributed by atoms with Crippen LogP contribution < -0.4 is 0 Å². The van der Waals surface area contributed by atoms with Crippen LogP contribution in [-0.4, -0.2) is 5.78 Å².